The van der Waals surface area contributed by atoms with Crippen LogP contribution in [-0.2, 0) is 0 Å². The number of hydrogen-bond acceptors (Lipinski definition) is 2. The van der Waals surface area contributed by atoms with Crippen LogP contribution in [0.1, 0.15) is 31.9 Å². The minimum Gasteiger partial charge on any atom is -0.303 e. The fourth-order valence-electron chi connectivity index (χ4n) is 0.937. The second-order valence-corrected chi connectivity index (χ2v) is 2.87. The third-order valence-corrected chi connectivity index (χ3v) is 1.72. The molecule has 0 heterocycles. The standard InChI is InChI=1S/C10H12N2.C2H6/c1-7-3-5-9(6-4-7)10(12)8(2)11;1-2/h3-6,11-12H,1-2H3;1-2H3. The molecular weight excluding hydrogens is 172 g/mol. The number of benzene rings is 1. The zero-order valence-electron chi connectivity index (χ0n) is 9.31. The first kappa shape index (κ1) is 12.6. The minimum absolute atomic E-state index is 0.301. The van der Waals surface area contributed by atoms with Crippen LogP contribution in [0.5, 0.6) is 0 Å². The van der Waals surface area contributed by atoms with Crippen molar-refractivity contribution in [1.29, 1.82) is 10.8 Å². The van der Waals surface area contributed by atoms with Crippen molar-refractivity contribution in [3.63, 3.8) is 0 Å². The fourth-order valence-corrected chi connectivity index (χ4v) is 0.937. The topological polar surface area (TPSA) is 47.7 Å². The normalized spacial score (nSPS) is 8.57. The number of aryl methyl sites for hydroxylation is 1. The lowest BCUT2D eigenvalue weighted by molar-refractivity contribution is 1.42. The van der Waals surface area contributed by atoms with Crippen molar-refractivity contribution in [3.8, 4) is 0 Å². The highest BCUT2D eigenvalue weighted by atomic mass is 14.5. The summed E-state index contributed by atoms with van der Waals surface area (Å²) in [5, 5.41) is 14.8. The van der Waals surface area contributed by atoms with Gasteiger partial charge in [0.05, 0.1) is 11.4 Å². The monoisotopic (exact) mass is 190 g/mol. The van der Waals surface area contributed by atoms with E-state index in [1.165, 1.54) is 5.56 Å². The average molecular weight is 190 g/mol. The van der Waals surface area contributed by atoms with Crippen molar-refractivity contribution in [2.24, 2.45) is 0 Å². The summed E-state index contributed by atoms with van der Waals surface area (Å²) < 4.78 is 0. The molecule has 2 heteroatoms. The van der Waals surface area contributed by atoms with Crippen LogP contribution in [0.4, 0.5) is 0 Å². The van der Waals surface area contributed by atoms with E-state index in [-0.39, 0.29) is 0 Å². The van der Waals surface area contributed by atoms with Gasteiger partial charge in [-0.25, -0.2) is 0 Å². The molecular formula is C12H18N2. The van der Waals surface area contributed by atoms with E-state index in [2.05, 4.69) is 0 Å². The van der Waals surface area contributed by atoms with Crippen LogP contribution in [0.15, 0.2) is 24.3 Å². The van der Waals surface area contributed by atoms with E-state index >= 15 is 0 Å². The van der Waals surface area contributed by atoms with Gasteiger partial charge in [0.25, 0.3) is 0 Å². The second kappa shape index (κ2) is 6.08. The molecule has 0 aliphatic rings. The van der Waals surface area contributed by atoms with E-state index in [0.717, 1.165) is 5.56 Å². The Kier molecular flexibility index (Phi) is 5.46. The van der Waals surface area contributed by atoms with Gasteiger partial charge >= 0.3 is 0 Å². The quantitative estimate of drug-likeness (QED) is 0.671. The smallest absolute Gasteiger partial charge is 0.0816 e. The lowest BCUT2D eigenvalue weighted by Crippen LogP contribution is -2.08. The van der Waals surface area contributed by atoms with Crippen LogP contribution in [0, 0.1) is 17.7 Å². The maximum Gasteiger partial charge on any atom is 0.0816 e. The molecule has 0 bridgehead atoms. The summed E-state index contributed by atoms with van der Waals surface area (Å²) >= 11 is 0. The summed E-state index contributed by atoms with van der Waals surface area (Å²) in [6.45, 7) is 7.63. The first-order valence-corrected chi connectivity index (χ1v) is 4.82. The Labute approximate surface area is 86.0 Å². The van der Waals surface area contributed by atoms with Crippen molar-refractivity contribution in [1.82, 2.24) is 0 Å². The van der Waals surface area contributed by atoms with Gasteiger partial charge in [0.2, 0.25) is 0 Å². The summed E-state index contributed by atoms with van der Waals surface area (Å²) in [6, 6.07) is 7.64. The molecule has 0 atom stereocenters. The molecule has 0 radical (unpaired) electrons. The molecule has 1 rings (SSSR count). The molecule has 0 saturated heterocycles. The highest BCUT2D eigenvalue weighted by Gasteiger charge is 2.01. The van der Waals surface area contributed by atoms with Gasteiger partial charge in [0, 0.05) is 5.56 Å². The summed E-state index contributed by atoms with van der Waals surface area (Å²) in [4.78, 5) is 0. The van der Waals surface area contributed by atoms with Crippen LogP contribution in [0.25, 0.3) is 0 Å². The predicted octanol–water partition coefficient (Wildman–Crippen LogP) is 3.43. The van der Waals surface area contributed by atoms with Gasteiger partial charge in [-0.05, 0) is 13.8 Å². The minimum atomic E-state index is 0.301. The van der Waals surface area contributed by atoms with Crippen LogP contribution >= 0.6 is 0 Å². The number of nitrogens with one attached hydrogen (secondary N) is 2. The maximum atomic E-state index is 7.53. The van der Waals surface area contributed by atoms with Crippen molar-refractivity contribution < 1.29 is 0 Å². The second-order valence-electron chi connectivity index (χ2n) is 2.87. The van der Waals surface area contributed by atoms with Gasteiger partial charge < -0.3 is 5.41 Å². The van der Waals surface area contributed by atoms with Gasteiger partial charge in [-0.1, -0.05) is 43.7 Å². The number of rotatable bonds is 2. The predicted molar refractivity (Wildman–Crippen MR) is 62.8 cm³/mol. The first-order valence-electron chi connectivity index (χ1n) is 4.82. The van der Waals surface area contributed by atoms with Crippen molar-refractivity contribution in [2.45, 2.75) is 27.7 Å². The molecule has 76 valence electrons. The van der Waals surface area contributed by atoms with Crippen molar-refractivity contribution in [3.05, 3.63) is 35.4 Å². The van der Waals surface area contributed by atoms with E-state index in [1.54, 1.807) is 6.92 Å². The van der Waals surface area contributed by atoms with Gasteiger partial charge in [-0.15, -0.1) is 0 Å². The molecule has 1 aromatic rings. The molecule has 2 N–H and O–H groups in total. The molecule has 0 amide bonds. The molecule has 2 nitrogen and oxygen atoms in total. The zero-order valence-corrected chi connectivity index (χ0v) is 9.31. The Morgan fingerprint density at radius 1 is 1.00 bits per heavy atom. The van der Waals surface area contributed by atoms with E-state index in [1.807, 2.05) is 45.0 Å². The zero-order chi connectivity index (χ0) is 11.1. The van der Waals surface area contributed by atoms with Crippen LogP contribution in [-0.4, -0.2) is 11.4 Å². The Bertz CT molecular complexity index is 310. The fraction of sp³-hybridized carbons (Fsp3) is 0.333. The summed E-state index contributed by atoms with van der Waals surface area (Å²) in [5.74, 6) is 0. The third-order valence-electron chi connectivity index (χ3n) is 1.72. The van der Waals surface area contributed by atoms with Gasteiger partial charge in [0.15, 0.2) is 0 Å². The molecule has 0 unspecified atom stereocenters. The number of hydrogen-bond donors (Lipinski definition) is 2. The van der Waals surface area contributed by atoms with Crippen LogP contribution in [0.2, 0.25) is 0 Å². The van der Waals surface area contributed by atoms with Crippen molar-refractivity contribution in [2.75, 3.05) is 0 Å². The van der Waals surface area contributed by atoms with E-state index < -0.39 is 0 Å². The molecule has 1 aromatic carbocycles. The van der Waals surface area contributed by atoms with E-state index in [0.29, 0.717) is 11.4 Å². The molecule has 14 heavy (non-hydrogen) atoms. The highest BCUT2D eigenvalue weighted by molar-refractivity contribution is 6.45. The summed E-state index contributed by atoms with van der Waals surface area (Å²) in [5.41, 5.74) is 2.59. The summed E-state index contributed by atoms with van der Waals surface area (Å²) in [7, 11) is 0. The molecule has 0 aliphatic heterocycles. The Balaban J connectivity index is 0.000000791. The largest absolute Gasteiger partial charge is 0.303 e. The van der Waals surface area contributed by atoms with Crippen LogP contribution < -0.4 is 0 Å². The van der Waals surface area contributed by atoms with E-state index in [9.17, 15) is 0 Å². The Morgan fingerprint density at radius 2 is 1.43 bits per heavy atom. The van der Waals surface area contributed by atoms with Gasteiger partial charge in [0.1, 0.15) is 0 Å². The molecule has 0 saturated carbocycles. The van der Waals surface area contributed by atoms with Crippen LogP contribution in [0.3, 0.4) is 0 Å². The molecule has 0 spiro atoms. The maximum absolute atomic E-state index is 7.53. The summed E-state index contributed by atoms with van der Waals surface area (Å²) in [6.07, 6.45) is 0. The van der Waals surface area contributed by atoms with Crippen molar-refractivity contribution >= 4 is 11.4 Å². The third kappa shape index (κ3) is 3.52. The SMILES string of the molecule is CC.CC(=N)C(=N)c1ccc(C)cc1. The van der Waals surface area contributed by atoms with E-state index in [4.69, 9.17) is 10.8 Å². The molecule has 0 aromatic heterocycles. The van der Waals surface area contributed by atoms with Gasteiger partial charge in [-0.3, -0.25) is 5.41 Å². The first-order chi connectivity index (χ1) is 6.61. The van der Waals surface area contributed by atoms with Gasteiger partial charge in [-0.2, -0.15) is 0 Å². The average Bonchev–Trinajstić information content (AvgIpc) is 2.21. The highest BCUT2D eigenvalue weighted by Crippen LogP contribution is 2.04. The Hall–Kier alpha value is -1.44. The Morgan fingerprint density at radius 3 is 1.79 bits per heavy atom. The lowest BCUT2D eigenvalue weighted by atomic mass is 10.1. The molecule has 0 aliphatic carbocycles. The lowest BCUT2D eigenvalue weighted by Gasteiger charge is -2.01. The molecule has 0 fully saturated rings.